The Bertz CT molecular complexity index is 310. The molecule has 0 fully saturated rings. The average molecular weight is 372 g/mol. The van der Waals surface area contributed by atoms with Crippen molar-refractivity contribution in [3.05, 3.63) is 0 Å². The highest BCUT2D eigenvalue weighted by atomic mass is 16.3. The molecule has 0 radical (unpaired) electrons. The number of carbonyl (C=O) groups is 1. The molecule has 3 N–H and O–H groups in total. The van der Waals surface area contributed by atoms with Gasteiger partial charge in [-0.25, -0.2) is 0 Å². The number of nitrogens with one attached hydrogen (secondary N) is 1. The van der Waals surface area contributed by atoms with Crippen LogP contribution < -0.4 is 5.32 Å². The molecule has 4 heteroatoms. The summed E-state index contributed by atoms with van der Waals surface area (Å²) in [6.07, 6.45) is 17.6. The van der Waals surface area contributed by atoms with Gasteiger partial charge in [0, 0.05) is 13.0 Å². The fourth-order valence-electron chi connectivity index (χ4n) is 3.32. The van der Waals surface area contributed by atoms with Gasteiger partial charge in [0.1, 0.15) is 5.78 Å². The Morgan fingerprint density at radius 1 is 0.808 bits per heavy atom. The highest BCUT2D eigenvalue weighted by Gasteiger charge is 2.16. The molecule has 0 aliphatic rings. The Kier molecular flexibility index (Phi) is 19.0. The summed E-state index contributed by atoms with van der Waals surface area (Å²) in [4.78, 5) is 12.2. The summed E-state index contributed by atoms with van der Waals surface area (Å²) in [5.74, 6) is 0.237. The molecule has 0 rings (SSSR count). The monoisotopic (exact) mass is 371 g/mol. The molecule has 0 aromatic rings. The van der Waals surface area contributed by atoms with E-state index in [0.29, 0.717) is 6.42 Å². The van der Waals surface area contributed by atoms with E-state index in [-0.39, 0.29) is 25.0 Å². The van der Waals surface area contributed by atoms with E-state index in [9.17, 15) is 9.90 Å². The molecule has 26 heavy (non-hydrogen) atoms. The Labute approximate surface area is 162 Å². The van der Waals surface area contributed by atoms with Gasteiger partial charge >= 0.3 is 0 Å². The minimum atomic E-state index is -0.784. The predicted molar refractivity (Wildman–Crippen MR) is 110 cm³/mol. The van der Waals surface area contributed by atoms with Gasteiger partial charge in [0.25, 0.3) is 0 Å². The molecule has 156 valence electrons. The van der Waals surface area contributed by atoms with Crippen LogP contribution in [-0.4, -0.2) is 41.3 Å². The van der Waals surface area contributed by atoms with Crippen LogP contribution in [0.5, 0.6) is 0 Å². The minimum absolute atomic E-state index is 0.187. The number of rotatable bonds is 20. The lowest BCUT2D eigenvalue weighted by molar-refractivity contribution is -0.121. The summed E-state index contributed by atoms with van der Waals surface area (Å²) in [5.41, 5.74) is 0. The van der Waals surface area contributed by atoms with Crippen LogP contribution in [0.3, 0.4) is 0 Å². The quantitative estimate of drug-likeness (QED) is 0.270. The van der Waals surface area contributed by atoms with Crippen molar-refractivity contribution in [3.8, 4) is 0 Å². The van der Waals surface area contributed by atoms with Gasteiger partial charge in [-0.1, -0.05) is 90.9 Å². The number of unbranched alkanes of at least 4 members (excludes halogenated alkanes) is 12. The van der Waals surface area contributed by atoms with Crippen LogP contribution >= 0.6 is 0 Å². The SMILES string of the molecule is CCCCCCCCCCCCCCCC(=O)C(CC)NCC(O)CO. The van der Waals surface area contributed by atoms with Gasteiger partial charge in [-0.05, 0) is 12.8 Å². The predicted octanol–water partition coefficient (Wildman–Crippen LogP) is 4.76. The molecule has 0 aliphatic heterocycles. The molecule has 2 atom stereocenters. The third kappa shape index (κ3) is 15.8. The van der Waals surface area contributed by atoms with Crippen LogP contribution in [0.15, 0.2) is 0 Å². The lowest BCUT2D eigenvalue weighted by Crippen LogP contribution is -2.41. The minimum Gasteiger partial charge on any atom is -0.394 e. The summed E-state index contributed by atoms with van der Waals surface area (Å²) in [5, 5.41) is 21.2. The molecule has 2 unspecified atom stereocenters. The molecule has 4 nitrogen and oxygen atoms in total. The number of aliphatic hydroxyl groups excluding tert-OH is 2. The molecule has 0 aromatic heterocycles. The van der Waals surface area contributed by atoms with E-state index in [4.69, 9.17) is 5.11 Å². The smallest absolute Gasteiger partial charge is 0.149 e. The maximum Gasteiger partial charge on any atom is 0.149 e. The number of ketones is 1. The van der Waals surface area contributed by atoms with E-state index < -0.39 is 6.10 Å². The molecule has 0 spiro atoms. The number of aliphatic hydroxyl groups is 2. The zero-order chi connectivity index (χ0) is 19.5. The second kappa shape index (κ2) is 19.3. The van der Waals surface area contributed by atoms with Crippen molar-refractivity contribution in [2.75, 3.05) is 13.2 Å². The third-order valence-corrected chi connectivity index (χ3v) is 5.13. The number of hydrogen-bond acceptors (Lipinski definition) is 4. The van der Waals surface area contributed by atoms with Crippen molar-refractivity contribution in [3.63, 3.8) is 0 Å². The van der Waals surface area contributed by atoms with Crippen molar-refractivity contribution >= 4 is 5.78 Å². The number of carbonyl (C=O) groups excluding carboxylic acids is 1. The fraction of sp³-hybridized carbons (Fsp3) is 0.955. The van der Waals surface area contributed by atoms with E-state index in [2.05, 4.69) is 12.2 Å². The molecular formula is C22H45NO3. The van der Waals surface area contributed by atoms with Crippen molar-refractivity contribution < 1.29 is 15.0 Å². The zero-order valence-electron chi connectivity index (χ0n) is 17.5. The molecule has 0 bridgehead atoms. The van der Waals surface area contributed by atoms with E-state index in [0.717, 1.165) is 19.3 Å². The number of hydrogen-bond donors (Lipinski definition) is 3. The average Bonchev–Trinajstić information content (AvgIpc) is 2.65. The second-order valence-corrected chi connectivity index (χ2v) is 7.66. The third-order valence-electron chi connectivity index (χ3n) is 5.13. The fourth-order valence-corrected chi connectivity index (χ4v) is 3.32. The molecular weight excluding hydrogens is 326 g/mol. The lowest BCUT2D eigenvalue weighted by atomic mass is 10.0. The molecule has 0 amide bonds. The van der Waals surface area contributed by atoms with E-state index in [1.54, 1.807) is 0 Å². The highest BCUT2D eigenvalue weighted by molar-refractivity contribution is 5.83. The summed E-state index contributed by atoms with van der Waals surface area (Å²) >= 11 is 0. The molecule has 0 saturated heterocycles. The molecule has 0 saturated carbocycles. The van der Waals surface area contributed by atoms with Gasteiger partial charge < -0.3 is 15.5 Å². The largest absolute Gasteiger partial charge is 0.394 e. The zero-order valence-corrected chi connectivity index (χ0v) is 17.5. The van der Waals surface area contributed by atoms with E-state index in [1.807, 2.05) is 6.92 Å². The van der Waals surface area contributed by atoms with Crippen molar-refractivity contribution in [1.29, 1.82) is 0 Å². The first kappa shape index (κ1) is 25.6. The van der Waals surface area contributed by atoms with Gasteiger partial charge in [-0.2, -0.15) is 0 Å². The van der Waals surface area contributed by atoms with E-state index >= 15 is 0 Å². The maximum atomic E-state index is 12.2. The number of Topliss-reactive ketones (excluding diaryl/α,β-unsaturated/α-hetero) is 1. The van der Waals surface area contributed by atoms with Crippen LogP contribution in [0, 0.1) is 0 Å². The Balaban J connectivity index is 3.43. The van der Waals surface area contributed by atoms with Crippen LogP contribution in [0.1, 0.15) is 110 Å². The Hall–Kier alpha value is -0.450. The van der Waals surface area contributed by atoms with Crippen molar-refractivity contribution in [1.82, 2.24) is 5.32 Å². The van der Waals surface area contributed by atoms with Crippen LogP contribution in [0.4, 0.5) is 0 Å². The normalized spacial score (nSPS) is 13.7. The first-order valence-corrected chi connectivity index (χ1v) is 11.2. The molecule has 0 aromatic carbocycles. The van der Waals surface area contributed by atoms with Gasteiger partial charge in [-0.15, -0.1) is 0 Å². The van der Waals surface area contributed by atoms with E-state index in [1.165, 1.54) is 70.6 Å². The summed E-state index contributed by atoms with van der Waals surface area (Å²) < 4.78 is 0. The van der Waals surface area contributed by atoms with Gasteiger partial charge in [0.05, 0.1) is 18.8 Å². The van der Waals surface area contributed by atoms with Crippen LogP contribution in [0.2, 0.25) is 0 Å². The van der Waals surface area contributed by atoms with Gasteiger partial charge in [0.2, 0.25) is 0 Å². The first-order valence-electron chi connectivity index (χ1n) is 11.2. The second-order valence-electron chi connectivity index (χ2n) is 7.66. The van der Waals surface area contributed by atoms with Crippen LogP contribution in [-0.2, 0) is 4.79 Å². The maximum absolute atomic E-state index is 12.2. The first-order chi connectivity index (χ1) is 12.7. The topological polar surface area (TPSA) is 69.6 Å². The standard InChI is InChI=1S/C22H45NO3/c1-3-5-6-7-8-9-10-11-12-13-14-15-16-17-22(26)21(4-2)23-18-20(25)19-24/h20-21,23-25H,3-19H2,1-2H3. The van der Waals surface area contributed by atoms with Crippen molar-refractivity contribution in [2.24, 2.45) is 0 Å². The highest BCUT2D eigenvalue weighted by Crippen LogP contribution is 2.13. The lowest BCUT2D eigenvalue weighted by Gasteiger charge is -2.17. The Morgan fingerprint density at radius 2 is 1.27 bits per heavy atom. The van der Waals surface area contributed by atoms with Crippen LogP contribution in [0.25, 0.3) is 0 Å². The summed E-state index contributed by atoms with van der Waals surface area (Å²) in [6, 6.07) is -0.187. The van der Waals surface area contributed by atoms with Gasteiger partial charge in [0.15, 0.2) is 0 Å². The Morgan fingerprint density at radius 3 is 1.69 bits per heavy atom. The van der Waals surface area contributed by atoms with Crippen molar-refractivity contribution in [2.45, 2.75) is 122 Å². The van der Waals surface area contributed by atoms with Gasteiger partial charge in [-0.3, -0.25) is 4.79 Å². The molecule has 0 heterocycles. The molecule has 0 aliphatic carbocycles. The summed E-state index contributed by atoms with van der Waals surface area (Å²) in [7, 11) is 0. The summed E-state index contributed by atoms with van der Waals surface area (Å²) in [6.45, 7) is 4.25.